The maximum atomic E-state index is 5.75. The lowest BCUT2D eigenvalue weighted by Gasteiger charge is -2.27. The number of hydrogen-bond acceptors (Lipinski definition) is 7. The fourth-order valence-electron chi connectivity index (χ4n) is 2.93. The topological polar surface area (TPSA) is 24.9 Å². The number of thiocarbonyl (C=S) groups is 1. The van der Waals surface area contributed by atoms with Gasteiger partial charge in [-0.05, 0) is 24.3 Å². The maximum absolute atomic E-state index is 5.75. The van der Waals surface area contributed by atoms with Gasteiger partial charge in [0.25, 0.3) is 0 Å². The molecule has 0 atom stereocenters. The van der Waals surface area contributed by atoms with Crippen molar-refractivity contribution in [1.29, 1.82) is 0 Å². The van der Waals surface area contributed by atoms with E-state index in [0.29, 0.717) is 0 Å². The molecule has 0 aliphatic carbocycles. The molecule has 0 amide bonds. The van der Waals surface area contributed by atoms with Crippen molar-refractivity contribution in [3.05, 3.63) is 34.0 Å². The van der Waals surface area contributed by atoms with Gasteiger partial charge in [0, 0.05) is 35.9 Å². The molecule has 2 fully saturated rings. The second-order valence-electron chi connectivity index (χ2n) is 5.80. The third-order valence-electron chi connectivity index (χ3n) is 4.28. The van der Waals surface area contributed by atoms with Crippen molar-refractivity contribution >= 4 is 49.8 Å². The van der Waals surface area contributed by atoms with Crippen molar-refractivity contribution in [2.75, 3.05) is 62.4 Å². The lowest BCUT2D eigenvalue weighted by Crippen LogP contribution is -2.35. The monoisotopic (exact) mass is 380 g/mol. The van der Waals surface area contributed by atoms with Crippen LogP contribution in [0.15, 0.2) is 24.3 Å². The van der Waals surface area contributed by atoms with Crippen LogP contribution in [0.3, 0.4) is 0 Å². The van der Waals surface area contributed by atoms with Crippen molar-refractivity contribution in [2.24, 2.45) is 0 Å². The van der Waals surface area contributed by atoms with E-state index in [4.69, 9.17) is 21.7 Å². The van der Waals surface area contributed by atoms with E-state index in [2.05, 4.69) is 34.1 Å². The Labute approximate surface area is 155 Å². The second-order valence-corrected chi connectivity index (χ2v) is 8.34. The van der Waals surface area contributed by atoms with Crippen molar-refractivity contribution < 1.29 is 9.47 Å². The molecule has 24 heavy (non-hydrogen) atoms. The summed E-state index contributed by atoms with van der Waals surface area (Å²) in [4.78, 5) is 8.09. The van der Waals surface area contributed by atoms with Crippen LogP contribution in [0.5, 0.6) is 0 Å². The Kier molecular flexibility index (Phi) is 5.14. The van der Waals surface area contributed by atoms with E-state index >= 15 is 0 Å². The molecule has 0 unspecified atom stereocenters. The van der Waals surface area contributed by atoms with E-state index in [1.54, 1.807) is 22.7 Å². The zero-order chi connectivity index (χ0) is 16.4. The average Bonchev–Trinajstić information content (AvgIpc) is 3.33. The van der Waals surface area contributed by atoms with Crippen LogP contribution in [-0.4, -0.2) is 57.5 Å². The molecule has 4 nitrogen and oxygen atoms in total. The average molecular weight is 381 g/mol. The Morgan fingerprint density at radius 1 is 0.750 bits per heavy atom. The van der Waals surface area contributed by atoms with Crippen LogP contribution in [-0.2, 0) is 9.47 Å². The molecule has 0 saturated carbocycles. The molecule has 4 heterocycles. The van der Waals surface area contributed by atoms with Crippen LogP contribution in [0.4, 0.5) is 10.0 Å². The Morgan fingerprint density at radius 3 is 1.58 bits per heavy atom. The molecule has 4 rings (SSSR count). The number of hydrogen-bond donors (Lipinski definition) is 0. The molecule has 0 bridgehead atoms. The highest BCUT2D eigenvalue weighted by Gasteiger charge is 2.18. The number of ether oxygens (including phenoxy) is 2. The first kappa shape index (κ1) is 16.5. The smallest absolute Gasteiger partial charge is 0.0916 e. The minimum atomic E-state index is 0.811. The third kappa shape index (κ3) is 3.50. The van der Waals surface area contributed by atoms with Crippen LogP contribution >= 0.6 is 34.9 Å². The molecule has 2 aromatic heterocycles. The van der Waals surface area contributed by atoms with Gasteiger partial charge in [0.15, 0.2) is 0 Å². The number of morpholine rings is 2. The molecule has 0 spiro atoms. The number of nitrogens with zero attached hydrogens (tertiary/aromatic N) is 2. The molecular weight excluding hydrogens is 360 g/mol. The van der Waals surface area contributed by atoms with Gasteiger partial charge >= 0.3 is 0 Å². The van der Waals surface area contributed by atoms with Gasteiger partial charge in [-0.2, -0.15) is 0 Å². The molecule has 0 radical (unpaired) electrons. The fraction of sp³-hybridized carbons (Fsp3) is 0.471. The number of rotatable bonds is 4. The summed E-state index contributed by atoms with van der Waals surface area (Å²) in [7, 11) is 0. The highest BCUT2D eigenvalue weighted by molar-refractivity contribution is 7.82. The van der Waals surface area contributed by atoms with Gasteiger partial charge < -0.3 is 19.3 Å². The first-order chi connectivity index (χ1) is 11.8. The SMILES string of the molecule is S=C(c1ccc(N2CCOCC2)s1)c1ccc(N2CCOCC2)s1. The van der Waals surface area contributed by atoms with Crippen LogP contribution in [0.25, 0.3) is 0 Å². The molecular formula is C17H20N2O2S3. The van der Waals surface area contributed by atoms with E-state index in [1.165, 1.54) is 19.8 Å². The predicted octanol–water partition coefficient (Wildman–Crippen LogP) is 3.25. The first-order valence-electron chi connectivity index (χ1n) is 8.21. The Morgan fingerprint density at radius 2 is 1.17 bits per heavy atom. The summed E-state index contributed by atoms with van der Waals surface area (Å²) < 4.78 is 10.9. The molecule has 2 aliphatic heterocycles. The standard InChI is InChI=1S/C17H20N2O2S3/c22-17(13-1-3-15(23-13)18-5-9-20-10-6-18)14-2-4-16(24-14)19-7-11-21-12-8-19/h1-4H,5-12H2. The van der Waals surface area contributed by atoms with E-state index in [9.17, 15) is 0 Å². The fourth-order valence-corrected chi connectivity index (χ4v) is 5.40. The maximum Gasteiger partial charge on any atom is 0.0916 e. The minimum absolute atomic E-state index is 0.811. The summed E-state index contributed by atoms with van der Waals surface area (Å²) >= 11 is 9.33. The molecule has 128 valence electrons. The van der Waals surface area contributed by atoms with Crippen molar-refractivity contribution in [1.82, 2.24) is 0 Å². The Bertz CT molecular complexity index is 642. The molecule has 2 aliphatic rings. The number of anilines is 2. The van der Waals surface area contributed by atoms with Gasteiger partial charge in [-0.1, -0.05) is 12.2 Å². The highest BCUT2D eigenvalue weighted by Crippen LogP contribution is 2.33. The molecule has 2 aromatic rings. The third-order valence-corrected chi connectivity index (χ3v) is 7.30. The zero-order valence-corrected chi connectivity index (χ0v) is 15.9. The van der Waals surface area contributed by atoms with Gasteiger partial charge in [0.2, 0.25) is 0 Å². The van der Waals surface area contributed by atoms with Crippen molar-refractivity contribution in [3.8, 4) is 0 Å². The van der Waals surface area contributed by atoms with Gasteiger partial charge in [-0.15, -0.1) is 22.7 Å². The van der Waals surface area contributed by atoms with Crippen LogP contribution < -0.4 is 9.80 Å². The van der Waals surface area contributed by atoms with Gasteiger partial charge in [0.1, 0.15) is 0 Å². The first-order valence-corrected chi connectivity index (χ1v) is 10.3. The van der Waals surface area contributed by atoms with Crippen LogP contribution in [0, 0.1) is 0 Å². The Balaban J connectivity index is 1.47. The summed E-state index contributed by atoms with van der Waals surface area (Å²) in [6, 6.07) is 8.69. The number of thiophene rings is 2. The van der Waals surface area contributed by atoms with Crippen molar-refractivity contribution in [3.63, 3.8) is 0 Å². The summed E-state index contributed by atoms with van der Waals surface area (Å²) in [6.07, 6.45) is 0. The summed E-state index contributed by atoms with van der Waals surface area (Å²) in [5.41, 5.74) is 0. The lowest BCUT2D eigenvalue weighted by atomic mass is 10.3. The molecule has 2 saturated heterocycles. The van der Waals surface area contributed by atoms with Crippen LogP contribution in [0.1, 0.15) is 9.75 Å². The lowest BCUT2D eigenvalue weighted by molar-refractivity contribution is 0.123. The van der Waals surface area contributed by atoms with E-state index in [1.807, 2.05) is 0 Å². The Hall–Kier alpha value is -0.990. The second kappa shape index (κ2) is 7.49. The summed E-state index contributed by atoms with van der Waals surface area (Å²) in [5, 5.41) is 2.58. The van der Waals surface area contributed by atoms with Gasteiger partial charge in [-0.3, -0.25) is 0 Å². The normalized spacial score (nSPS) is 18.8. The predicted molar refractivity (Wildman–Crippen MR) is 106 cm³/mol. The highest BCUT2D eigenvalue weighted by atomic mass is 32.1. The minimum Gasteiger partial charge on any atom is -0.378 e. The summed E-state index contributed by atoms with van der Waals surface area (Å²) in [6.45, 7) is 7.10. The summed E-state index contributed by atoms with van der Waals surface area (Å²) in [5.74, 6) is 0. The van der Waals surface area contributed by atoms with E-state index in [-0.39, 0.29) is 0 Å². The molecule has 0 N–H and O–H groups in total. The van der Waals surface area contributed by atoms with Crippen LogP contribution in [0.2, 0.25) is 0 Å². The van der Waals surface area contributed by atoms with E-state index in [0.717, 1.165) is 57.5 Å². The largest absolute Gasteiger partial charge is 0.378 e. The molecule has 0 aromatic carbocycles. The quantitative estimate of drug-likeness (QED) is 0.599. The molecule has 7 heteroatoms. The van der Waals surface area contributed by atoms with Crippen molar-refractivity contribution in [2.45, 2.75) is 0 Å². The van der Waals surface area contributed by atoms with E-state index < -0.39 is 0 Å². The van der Waals surface area contributed by atoms with Gasteiger partial charge in [-0.25, -0.2) is 0 Å². The zero-order valence-electron chi connectivity index (χ0n) is 13.4. The van der Waals surface area contributed by atoms with Gasteiger partial charge in [0.05, 0.1) is 41.3 Å².